The predicted molar refractivity (Wildman–Crippen MR) is 88.5 cm³/mol. The van der Waals surface area contributed by atoms with Crippen LogP contribution in [0.25, 0.3) is 0 Å². The molecule has 1 fully saturated rings. The molecule has 0 aromatic heterocycles. The Labute approximate surface area is 132 Å². The third kappa shape index (κ3) is 2.98. The lowest BCUT2D eigenvalue weighted by molar-refractivity contribution is -0.126. The first-order valence-electron chi connectivity index (χ1n) is 8.57. The summed E-state index contributed by atoms with van der Waals surface area (Å²) in [4.78, 5) is 14.3. The third-order valence-electron chi connectivity index (χ3n) is 4.71. The quantitative estimate of drug-likeness (QED) is 0.930. The summed E-state index contributed by atoms with van der Waals surface area (Å²) in [6.07, 6.45) is 5.23. The van der Waals surface area contributed by atoms with E-state index in [1.54, 1.807) is 0 Å². The van der Waals surface area contributed by atoms with Crippen LogP contribution in [0.4, 0.5) is 5.69 Å². The summed E-state index contributed by atoms with van der Waals surface area (Å²) in [5.41, 5.74) is 2.22. The summed E-state index contributed by atoms with van der Waals surface area (Å²) in [5.74, 6) is 0.930. The molecule has 0 saturated carbocycles. The van der Waals surface area contributed by atoms with E-state index in [9.17, 15) is 4.79 Å². The number of benzene rings is 1. The van der Waals surface area contributed by atoms with Crippen molar-refractivity contribution in [3.8, 4) is 5.75 Å². The maximum Gasteiger partial charge on any atom is 0.268 e. The highest BCUT2D eigenvalue weighted by atomic mass is 16.5. The topological polar surface area (TPSA) is 41.6 Å². The normalized spacial score (nSPS) is 24.8. The molecule has 22 heavy (non-hydrogen) atoms. The van der Waals surface area contributed by atoms with Crippen LogP contribution in [0.15, 0.2) is 18.2 Å². The summed E-state index contributed by atoms with van der Waals surface area (Å²) >= 11 is 0. The lowest BCUT2D eigenvalue weighted by Crippen LogP contribution is -2.45. The highest BCUT2D eigenvalue weighted by Gasteiger charge is 2.32. The van der Waals surface area contributed by atoms with Crippen molar-refractivity contribution < 1.29 is 9.53 Å². The van der Waals surface area contributed by atoms with Crippen molar-refractivity contribution in [1.29, 1.82) is 0 Å². The lowest BCUT2D eigenvalue weighted by Gasteiger charge is -2.34. The van der Waals surface area contributed by atoms with Crippen molar-refractivity contribution in [3.63, 3.8) is 0 Å². The van der Waals surface area contributed by atoms with Gasteiger partial charge in [0.05, 0.1) is 5.69 Å². The first-order valence-corrected chi connectivity index (χ1v) is 8.57. The van der Waals surface area contributed by atoms with Crippen molar-refractivity contribution in [2.45, 2.75) is 58.1 Å². The molecule has 4 nitrogen and oxygen atoms in total. The fourth-order valence-corrected chi connectivity index (χ4v) is 3.46. The monoisotopic (exact) mass is 302 g/mol. The van der Waals surface area contributed by atoms with Crippen LogP contribution >= 0.6 is 0 Å². The summed E-state index contributed by atoms with van der Waals surface area (Å²) in [6.45, 7) is 5.83. The van der Waals surface area contributed by atoms with Crippen LogP contribution in [-0.4, -0.2) is 31.1 Å². The second kappa shape index (κ2) is 6.69. The Morgan fingerprint density at radius 3 is 2.86 bits per heavy atom. The van der Waals surface area contributed by atoms with Gasteiger partial charge in [0, 0.05) is 12.6 Å². The average molecular weight is 302 g/mol. The second-order valence-corrected chi connectivity index (χ2v) is 6.25. The number of fused-ring (bicyclic) bond motifs is 1. The van der Waals surface area contributed by atoms with Crippen molar-refractivity contribution in [2.24, 2.45) is 0 Å². The smallest absolute Gasteiger partial charge is 0.268 e. The molecule has 1 aromatic carbocycles. The molecule has 0 aliphatic carbocycles. The molecule has 1 saturated heterocycles. The van der Waals surface area contributed by atoms with Crippen molar-refractivity contribution >= 4 is 11.6 Å². The number of rotatable bonds is 4. The van der Waals surface area contributed by atoms with Gasteiger partial charge in [0.15, 0.2) is 6.10 Å². The Morgan fingerprint density at radius 2 is 2.18 bits per heavy atom. The number of likely N-dealkylation sites (N-methyl/N-ethyl adjacent to an activating group) is 1. The van der Waals surface area contributed by atoms with Gasteiger partial charge in [0.2, 0.25) is 0 Å². The Morgan fingerprint density at radius 1 is 1.32 bits per heavy atom. The van der Waals surface area contributed by atoms with E-state index in [0.29, 0.717) is 19.0 Å². The number of piperidine rings is 1. The van der Waals surface area contributed by atoms with Gasteiger partial charge in [0.1, 0.15) is 5.75 Å². The predicted octanol–water partition coefficient (Wildman–Crippen LogP) is 2.90. The Balaban J connectivity index is 1.82. The van der Waals surface area contributed by atoms with Crippen LogP contribution in [-0.2, 0) is 11.2 Å². The van der Waals surface area contributed by atoms with E-state index in [2.05, 4.69) is 17.4 Å². The molecule has 2 unspecified atom stereocenters. The van der Waals surface area contributed by atoms with Crippen molar-refractivity contribution in [1.82, 2.24) is 5.32 Å². The summed E-state index contributed by atoms with van der Waals surface area (Å²) in [7, 11) is 0. The molecule has 3 rings (SSSR count). The minimum absolute atomic E-state index is 0.0884. The molecule has 0 spiro atoms. The summed E-state index contributed by atoms with van der Waals surface area (Å²) < 4.78 is 5.86. The highest BCUT2D eigenvalue weighted by Crippen LogP contribution is 2.35. The summed E-state index contributed by atoms with van der Waals surface area (Å²) in [6, 6.07) is 6.88. The van der Waals surface area contributed by atoms with Crippen molar-refractivity contribution in [3.05, 3.63) is 23.8 Å². The molecule has 2 atom stereocenters. The van der Waals surface area contributed by atoms with Gasteiger partial charge >= 0.3 is 0 Å². The molecule has 1 aromatic rings. The zero-order valence-electron chi connectivity index (χ0n) is 13.6. The molecular weight excluding hydrogens is 276 g/mol. The van der Waals surface area contributed by atoms with Gasteiger partial charge in [-0.15, -0.1) is 0 Å². The molecule has 2 heterocycles. The van der Waals surface area contributed by atoms with Gasteiger partial charge in [-0.05, 0) is 56.8 Å². The minimum Gasteiger partial charge on any atom is -0.478 e. The molecule has 4 heteroatoms. The minimum atomic E-state index is -0.335. The first-order chi connectivity index (χ1) is 10.7. The second-order valence-electron chi connectivity index (χ2n) is 6.25. The van der Waals surface area contributed by atoms with E-state index in [-0.39, 0.29) is 12.0 Å². The lowest BCUT2D eigenvalue weighted by atomic mass is 9.97. The van der Waals surface area contributed by atoms with Crippen LogP contribution in [0.2, 0.25) is 0 Å². The molecule has 0 bridgehead atoms. The van der Waals surface area contributed by atoms with E-state index in [1.165, 1.54) is 24.8 Å². The van der Waals surface area contributed by atoms with E-state index in [4.69, 9.17) is 4.74 Å². The van der Waals surface area contributed by atoms with E-state index >= 15 is 0 Å². The maximum absolute atomic E-state index is 12.4. The number of carbonyl (C=O) groups is 1. The number of nitrogens with zero attached hydrogens (tertiary/aromatic N) is 1. The molecule has 1 N–H and O–H groups in total. The largest absolute Gasteiger partial charge is 0.478 e. The maximum atomic E-state index is 12.4. The van der Waals surface area contributed by atoms with Crippen LogP contribution in [0.1, 0.15) is 45.1 Å². The molecule has 2 aliphatic heterocycles. The van der Waals surface area contributed by atoms with Crippen LogP contribution in [0.3, 0.4) is 0 Å². The SMILES string of the molecule is CCC1Oc2ccc(CC3CCCCN3)cc2N(CC)C1=O. The van der Waals surface area contributed by atoms with Gasteiger partial charge in [-0.3, -0.25) is 4.79 Å². The number of carbonyl (C=O) groups excluding carboxylic acids is 1. The molecular formula is C18H26N2O2. The molecule has 0 radical (unpaired) electrons. The highest BCUT2D eigenvalue weighted by molar-refractivity contribution is 6.00. The number of amides is 1. The van der Waals surface area contributed by atoms with Gasteiger partial charge in [-0.1, -0.05) is 19.4 Å². The van der Waals surface area contributed by atoms with Gasteiger partial charge in [0.25, 0.3) is 5.91 Å². The van der Waals surface area contributed by atoms with Gasteiger partial charge in [-0.2, -0.15) is 0 Å². The number of hydrogen-bond donors (Lipinski definition) is 1. The van der Waals surface area contributed by atoms with E-state index in [0.717, 1.165) is 24.4 Å². The van der Waals surface area contributed by atoms with Crippen molar-refractivity contribution in [2.75, 3.05) is 18.0 Å². The van der Waals surface area contributed by atoms with E-state index in [1.807, 2.05) is 24.8 Å². The molecule has 120 valence electrons. The summed E-state index contributed by atoms with van der Waals surface area (Å²) in [5, 5.41) is 3.59. The average Bonchev–Trinajstić information content (AvgIpc) is 2.55. The van der Waals surface area contributed by atoms with Crippen LogP contribution in [0, 0.1) is 0 Å². The standard InChI is InChI=1S/C18H26N2O2/c1-3-16-18(21)20(4-2)15-12-13(8-9-17(15)22-16)11-14-7-5-6-10-19-14/h8-9,12,14,16,19H,3-7,10-11H2,1-2H3. The molecule has 1 amide bonds. The Hall–Kier alpha value is -1.55. The zero-order chi connectivity index (χ0) is 15.5. The van der Waals surface area contributed by atoms with E-state index < -0.39 is 0 Å². The molecule has 2 aliphatic rings. The zero-order valence-corrected chi connectivity index (χ0v) is 13.6. The van der Waals surface area contributed by atoms with Gasteiger partial charge in [-0.25, -0.2) is 0 Å². The van der Waals surface area contributed by atoms with Crippen LogP contribution in [0.5, 0.6) is 5.75 Å². The number of nitrogens with one attached hydrogen (secondary N) is 1. The number of hydrogen-bond acceptors (Lipinski definition) is 3. The van der Waals surface area contributed by atoms with Gasteiger partial charge < -0.3 is 15.0 Å². The number of anilines is 1. The fourth-order valence-electron chi connectivity index (χ4n) is 3.46. The third-order valence-corrected chi connectivity index (χ3v) is 4.71. The Bertz CT molecular complexity index is 538. The fraction of sp³-hybridized carbons (Fsp3) is 0.611. The number of ether oxygens (including phenoxy) is 1. The Kier molecular flexibility index (Phi) is 4.67. The van der Waals surface area contributed by atoms with Crippen LogP contribution < -0.4 is 15.0 Å². The first kappa shape index (κ1) is 15.3.